The number of nitrogens with zero attached hydrogens (tertiary/aromatic N) is 2. The third-order valence-electron chi connectivity index (χ3n) is 4.90. The van der Waals surface area contributed by atoms with Crippen LogP contribution in [0.1, 0.15) is 35.4 Å². The minimum absolute atomic E-state index is 0.0952. The maximum absolute atomic E-state index is 12.5. The second kappa shape index (κ2) is 4.65. The van der Waals surface area contributed by atoms with Gasteiger partial charge in [0.05, 0.1) is 0 Å². The first-order chi connectivity index (χ1) is 9.51. The molecule has 1 aromatic rings. The summed E-state index contributed by atoms with van der Waals surface area (Å²) in [6.07, 6.45) is 2.46. The molecule has 108 valence electrons. The van der Waals surface area contributed by atoms with Gasteiger partial charge in [0, 0.05) is 38.8 Å². The Morgan fingerprint density at radius 3 is 2.50 bits per heavy atom. The predicted octanol–water partition coefficient (Wildman–Crippen LogP) is 1.08. The van der Waals surface area contributed by atoms with Gasteiger partial charge in [-0.25, -0.2) is 0 Å². The molecule has 5 heteroatoms. The minimum Gasteiger partial charge on any atom is -0.356 e. The van der Waals surface area contributed by atoms with Gasteiger partial charge in [-0.15, -0.1) is 0 Å². The number of hydrogen-bond donors (Lipinski definition) is 1. The zero-order chi connectivity index (χ0) is 14.3. The summed E-state index contributed by atoms with van der Waals surface area (Å²) >= 11 is 0. The van der Waals surface area contributed by atoms with E-state index < -0.39 is 0 Å². The van der Waals surface area contributed by atoms with E-state index in [9.17, 15) is 9.59 Å². The molecule has 0 radical (unpaired) electrons. The van der Waals surface area contributed by atoms with Gasteiger partial charge in [-0.3, -0.25) is 9.59 Å². The monoisotopic (exact) mass is 275 g/mol. The van der Waals surface area contributed by atoms with Gasteiger partial charge in [0.2, 0.25) is 5.91 Å². The van der Waals surface area contributed by atoms with Crippen molar-refractivity contribution in [2.75, 3.05) is 19.6 Å². The van der Waals surface area contributed by atoms with Crippen molar-refractivity contribution < 1.29 is 9.59 Å². The molecule has 1 spiro atoms. The number of piperidine rings is 1. The molecule has 5 nitrogen and oxygen atoms in total. The van der Waals surface area contributed by atoms with Crippen LogP contribution in [0.3, 0.4) is 0 Å². The van der Waals surface area contributed by atoms with Crippen LogP contribution in [0.5, 0.6) is 0 Å². The molecule has 0 bridgehead atoms. The van der Waals surface area contributed by atoms with Gasteiger partial charge in [-0.1, -0.05) is 0 Å². The fourth-order valence-corrected chi connectivity index (χ4v) is 3.28. The summed E-state index contributed by atoms with van der Waals surface area (Å²) in [5, 5.41) is 2.92. The quantitative estimate of drug-likeness (QED) is 0.833. The summed E-state index contributed by atoms with van der Waals surface area (Å²) in [5.74, 6) is 0.260. The smallest absolute Gasteiger partial charge is 0.270 e. The standard InChI is InChI=1S/C15H21N3O2/c1-11-3-4-12(17(11)2)14(20)18-7-5-15(6-8-18)9-13(19)16-10-15/h3-4H,5-10H2,1-2H3,(H,16,19). The van der Waals surface area contributed by atoms with Crippen molar-refractivity contribution in [3.8, 4) is 0 Å². The third-order valence-corrected chi connectivity index (χ3v) is 4.90. The highest BCUT2D eigenvalue weighted by molar-refractivity contribution is 5.93. The lowest BCUT2D eigenvalue weighted by molar-refractivity contribution is -0.119. The Kier molecular flexibility index (Phi) is 3.07. The van der Waals surface area contributed by atoms with Gasteiger partial charge in [-0.05, 0) is 37.3 Å². The van der Waals surface area contributed by atoms with Crippen molar-refractivity contribution in [2.45, 2.75) is 26.2 Å². The second-order valence-corrected chi connectivity index (χ2v) is 6.16. The van der Waals surface area contributed by atoms with E-state index in [1.165, 1.54) is 0 Å². The Morgan fingerprint density at radius 2 is 2.00 bits per heavy atom. The van der Waals surface area contributed by atoms with Crippen molar-refractivity contribution >= 4 is 11.8 Å². The first kappa shape index (κ1) is 13.2. The molecule has 20 heavy (non-hydrogen) atoms. The zero-order valence-electron chi connectivity index (χ0n) is 12.1. The molecule has 2 fully saturated rings. The SMILES string of the molecule is Cc1ccc(C(=O)N2CCC3(CC2)CNC(=O)C3)n1C. The number of nitrogens with one attached hydrogen (secondary N) is 1. The Balaban J connectivity index is 1.68. The number of amides is 2. The average Bonchev–Trinajstić information content (AvgIpc) is 2.95. The molecule has 2 amide bonds. The van der Waals surface area contributed by atoms with Gasteiger partial charge in [0.15, 0.2) is 0 Å². The lowest BCUT2D eigenvalue weighted by Gasteiger charge is -2.38. The van der Waals surface area contributed by atoms with Crippen molar-refractivity contribution in [3.63, 3.8) is 0 Å². The predicted molar refractivity (Wildman–Crippen MR) is 75.3 cm³/mol. The van der Waals surface area contributed by atoms with Crippen molar-refractivity contribution in [2.24, 2.45) is 12.5 Å². The molecule has 3 rings (SSSR count). The number of aromatic nitrogens is 1. The number of carbonyl (C=O) groups excluding carboxylic acids is 2. The van der Waals surface area contributed by atoms with E-state index in [-0.39, 0.29) is 17.2 Å². The van der Waals surface area contributed by atoms with Crippen molar-refractivity contribution in [1.29, 1.82) is 0 Å². The van der Waals surface area contributed by atoms with E-state index >= 15 is 0 Å². The van der Waals surface area contributed by atoms with Crippen LogP contribution in [-0.2, 0) is 11.8 Å². The fourth-order valence-electron chi connectivity index (χ4n) is 3.28. The van der Waals surface area contributed by atoms with Gasteiger partial charge < -0.3 is 14.8 Å². The molecule has 3 heterocycles. The lowest BCUT2D eigenvalue weighted by Crippen LogP contribution is -2.44. The molecule has 0 unspecified atom stereocenters. The number of likely N-dealkylation sites (tertiary alicyclic amines) is 1. The number of carbonyl (C=O) groups is 2. The molecular formula is C15H21N3O2. The maximum Gasteiger partial charge on any atom is 0.270 e. The summed E-state index contributed by atoms with van der Waals surface area (Å²) in [5.41, 5.74) is 1.93. The molecule has 0 saturated carbocycles. The molecule has 1 N–H and O–H groups in total. The molecular weight excluding hydrogens is 254 g/mol. The first-order valence-electron chi connectivity index (χ1n) is 7.19. The summed E-state index contributed by atoms with van der Waals surface area (Å²) in [6, 6.07) is 3.86. The van der Waals surface area contributed by atoms with Crippen molar-refractivity contribution in [3.05, 3.63) is 23.5 Å². The van der Waals surface area contributed by atoms with E-state index in [4.69, 9.17) is 0 Å². The Morgan fingerprint density at radius 1 is 1.30 bits per heavy atom. The van der Waals surface area contributed by atoms with Crippen LogP contribution in [0, 0.1) is 12.3 Å². The number of rotatable bonds is 1. The second-order valence-electron chi connectivity index (χ2n) is 6.16. The van der Waals surface area contributed by atoms with Crippen LogP contribution in [0.4, 0.5) is 0 Å². The van der Waals surface area contributed by atoms with Gasteiger partial charge in [-0.2, -0.15) is 0 Å². The summed E-state index contributed by atoms with van der Waals surface area (Å²) in [4.78, 5) is 25.8. The maximum atomic E-state index is 12.5. The Bertz CT molecular complexity index is 553. The molecule has 1 aromatic heterocycles. The van der Waals surface area contributed by atoms with E-state index in [0.29, 0.717) is 6.42 Å². The highest BCUT2D eigenvalue weighted by Gasteiger charge is 2.41. The van der Waals surface area contributed by atoms with Gasteiger partial charge >= 0.3 is 0 Å². The first-order valence-corrected chi connectivity index (χ1v) is 7.19. The fraction of sp³-hybridized carbons (Fsp3) is 0.600. The molecule has 0 atom stereocenters. The van der Waals surface area contributed by atoms with E-state index in [1.807, 2.05) is 35.6 Å². The zero-order valence-corrected chi connectivity index (χ0v) is 12.1. The summed E-state index contributed by atoms with van der Waals surface area (Å²) in [7, 11) is 1.92. The Labute approximate surface area is 118 Å². The topological polar surface area (TPSA) is 54.3 Å². The third kappa shape index (κ3) is 2.11. The van der Waals surface area contributed by atoms with Gasteiger partial charge in [0.1, 0.15) is 5.69 Å². The average molecular weight is 275 g/mol. The minimum atomic E-state index is 0.0952. The van der Waals surface area contributed by atoms with Crippen LogP contribution in [0.25, 0.3) is 0 Å². The summed E-state index contributed by atoms with van der Waals surface area (Å²) in [6.45, 7) is 4.27. The molecule has 0 aromatic carbocycles. The molecule has 2 aliphatic heterocycles. The molecule has 2 saturated heterocycles. The van der Waals surface area contributed by atoms with Crippen LogP contribution in [-0.4, -0.2) is 40.9 Å². The number of aryl methyl sites for hydroxylation is 1. The Hall–Kier alpha value is -1.78. The number of hydrogen-bond acceptors (Lipinski definition) is 2. The highest BCUT2D eigenvalue weighted by atomic mass is 16.2. The summed E-state index contributed by atoms with van der Waals surface area (Å²) < 4.78 is 1.94. The van der Waals surface area contributed by atoms with E-state index in [1.54, 1.807) is 0 Å². The molecule has 0 aliphatic carbocycles. The van der Waals surface area contributed by atoms with Gasteiger partial charge in [0.25, 0.3) is 5.91 Å². The van der Waals surface area contributed by atoms with Crippen LogP contribution >= 0.6 is 0 Å². The van der Waals surface area contributed by atoms with Crippen molar-refractivity contribution in [1.82, 2.24) is 14.8 Å². The highest BCUT2D eigenvalue weighted by Crippen LogP contribution is 2.37. The van der Waals surface area contributed by atoms with Crippen LogP contribution < -0.4 is 5.32 Å². The lowest BCUT2D eigenvalue weighted by atomic mass is 9.77. The normalized spacial score (nSPS) is 21.3. The van der Waals surface area contributed by atoms with Crippen LogP contribution in [0.2, 0.25) is 0 Å². The van der Waals surface area contributed by atoms with E-state index in [2.05, 4.69) is 5.32 Å². The van der Waals surface area contributed by atoms with Crippen LogP contribution in [0.15, 0.2) is 12.1 Å². The largest absolute Gasteiger partial charge is 0.356 e. The molecule has 2 aliphatic rings. The van der Waals surface area contributed by atoms with E-state index in [0.717, 1.165) is 43.9 Å².